The van der Waals surface area contributed by atoms with Crippen molar-refractivity contribution < 1.29 is 9.59 Å². The van der Waals surface area contributed by atoms with E-state index in [0.29, 0.717) is 5.69 Å². The van der Waals surface area contributed by atoms with Crippen LogP contribution < -0.4 is 16.4 Å². The molecule has 2 atom stereocenters. The minimum Gasteiger partial charge on any atom is -0.352 e. The van der Waals surface area contributed by atoms with Crippen LogP contribution in [0.1, 0.15) is 25.8 Å². The van der Waals surface area contributed by atoms with Crippen molar-refractivity contribution in [1.29, 1.82) is 0 Å². The van der Waals surface area contributed by atoms with E-state index in [9.17, 15) is 9.59 Å². The first kappa shape index (κ1) is 16.5. The predicted octanol–water partition coefficient (Wildman–Crippen LogP) is 2.78. The Labute approximate surface area is 127 Å². The number of rotatable bonds is 5. The smallest absolute Gasteiger partial charge is 0.312 e. The zero-order valence-electron chi connectivity index (χ0n) is 11.9. The number of carbonyl (C=O) groups excluding carboxylic acids is 2. The lowest BCUT2D eigenvalue weighted by atomic mass is 9.98. The van der Waals surface area contributed by atoms with E-state index in [0.717, 1.165) is 16.5 Å². The van der Waals surface area contributed by atoms with Crippen LogP contribution in [-0.2, 0) is 4.79 Å². The van der Waals surface area contributed by atoms with Gasteiger partial charge in [-0.3, -0.25) is 4.79 Å². The van der Waals surface area contributed by atoms with E-state index in [2.05, 4.69) is 26.6 Å². The molecule has 6 heteroatoms. The summed E-state index contributed by atoms with van der Waals surface area (Å²) in [4.78, 5) is 23.3. The summed E-state index contributed by atoms with van der Waals surface area (Å²) in [5.41, 5.74) is 6.83. The van der Waals surface area contributed by atoms with Gasteiger partial charge in [-0.25, -0.2) is 4.79 Å². The number of anilines is 1. The molecule has 0 unspecified atom stereocenters. The number of nitrogens with two attached hydrogens (primary N) is 1. The molecular weight excluding hydrogens is 322 g/mol. The Morgan fingerprint density at radius 2 is 2.05 bits per heavy atom. The van der Waals surface area contributed by atoms with Crippen molar-refractivity contribution in [2.45, 2.75) is 33.2 Å². The first-order valence-corrected chi connectivity index (χ1v) is 7.27. The van der Waals surface area contributed by atoms with Gasteiger partial charge in [-0.15, -0.1) is 0 Å². The number of amides is 3. The number of primary amides is 1. The van der Waals surface area contributed by atoms with Crippen molar-refractivity contribution in [2.75, 3.05) is 5.32 Å². The summed E-state index contributed by atoms with van der Waals surface area (Å²) in [5.74, 6) is -0.265. The summed E-state index contributed by atoms with van der Waals surface area (Å²) >= 11 is 3.41. The second-order valence-corrected chi connectivity index (χ2v) is 5.68. The van der Waals surface area contributed by atoms with Gasteiger partial charge < -0.3 is 16.4 Å². The maximum atomic E-state index is 12.3. The molecule has 0 aliphatic rings. The standard InChI is InChI=1S/C14H20BrN3O2/c1-4-8(2)12(18-14(16)20)13(19)17-10-5-6-11(15)9(3)7-10/h5-8,12H,4H2,1-3H3,(H,17,19)(H3,16,18,20)/t8-,12-/m0/s1. The molecule has 110 valence electrons. The van der Waals surface area contributed by atoms with Crippen LogP contribution in [0.15, 0.2) is 22.7 Å². The number of hydrogen-bond donors (Lipinski definition) is 3. The van der Waals surface area contributed by atoms with Crippen LogP contribution in [-0.4, -0.2) is 18.0 Å². The van der Waals surface area contributed by atoms with Crippen molar-refractivity contribution in [1.82, 2.24) is 5.32 Å². The largest absolute Gasteiger partial charge is 0.352 e. The summed E-state index contributed by atoms with van der Waals surface area (Å²) in [7, 11) is 0. The van der Waals surface area contributed by atoms with Gasteiger partial charge in [-0.05, 0) is 36.6 Å². The van der Waals surface area contributed by atoms with E-state index in [1.165, 1.54) is 0 Å². The predicted molar refractivity (Wildman–Crippen MR) is 83.5 cm³/mol. The lowest BCUT2D eigenvalue weighted by Crippen LogP contribution is -2.49. The Morgan fingerprint density at radius 1 is 1.40 bits per heavy atom. The van der Waals surface area contributed by atoms with E-state index < -0.39 is 12.1 Å². The lowest BCUT2D eigenvalue weighted by molar-refractivity contribution is -0.119. The number of hydrogen-bond acceptors (Lipinski definition) is 2. The van der Waals surface area contributed by atoms with Gasteiger partial charge in [0.25, 0.3) is 0 Å². The first-order chi connectivity index (χ1) is 9.35. The molecule has 0 aliphatic carbocycles. The van der Waals surface area contributed by atoms with Gasteiger partial charge in [0.15, 0.2) is 0 Å². The molecule has 1 aromatic carbocycles. The minimum atomic E-state index is -0.697. The lowest BCUT2D eigenvalue weighted by Gasteiger charge is -2.22. The molecule has 1 rings (SSSR count). The molecule has 0 saturated heterocycles. The van der Waals surface area contributed by atoms with E-state index in [4.69, 9.17) is 5.73 Å². The molecule has 0 aromatic heterocycles. The van der Waals surface area contributed by atoms with Crippen molar-refractivity contribution in [2.24, 2.45) is 11.7 Å². The summed E-state index contributed by atoms with van der Waals surface area (Å²) in [6.07, 6.45) is 0.762. The van der Waals surface area contributed by atoms with Crippen LogP contribution in [0.2, 0.25) is 0 Å². The fourth-order valence-corrected chi connectivity index (χ4v) is 2.04. The molecule has 0 radical (unpaired) electrons. The zero-order valence-corrected chi connectivity index (χ0v) is 13.5. The third-order valence-corrected chi connectivity index (χ3v) is 4.11. The third-order valence-electron chi connectivity index (χ3n) is 3.22. The number of carbonyl (C=O) groups is 2. The Hall–Kier alpha value is -1.56. The number of halogens is 1. The fraction of sp³-hybridized carbons (Fsp3) is 0.429. The summed E-state index contributed by atoms with van der Waals surface area (Å²) < 4.78 is 0.976. The summed E-state index contributed by atoms with van der Waals surface area (Å²) in [6, 6.07) is 4.19. The van der Waals surface area contributed by atoms with Crippen molar-refractivity contribution in [3.8, 4) is 0 Å². The van der Waals surface area contributed by atoms with Crippen LogP contribution in [0, 0.1) is 12.8 Å². The van der Waals surface area contributed by atoms with Gasteiger partial charge in [0.2, 0.25) is 5.91 Å². The topological polar surface area (TPSA) is 84.2 Å². The van der Waals surface area contributed by atoms with Crippen molar-refractivity contribution in [3.05, 3.63) is 28.2 Å². The summed E-state index contributed by atoms with van der Waals surface area (Å²) in [6.45, 7) is 5.79. The molecule has 0 heterocycles. The van der Waals surface area contributed by atoms with Gasteiger partial charge in [-0.1, -0.05) is 36.2 Å². The minimum absolute atomic E-state index is 0.000884. The van der Waals surface area contributed by atoms with Gasteiger partial charge in [0.1, 0.15) is 6.04 Å². The number of nitrogens with one attached hydrogen (secondary N) is 2. The van der Waals surface area contributed by atoms with Crippen molar-refractivity contribution in [3.63, 3.8) is 0 Å². The highest BCUT2D eigenvalue weighted by Crippen LogP contribution is 2.20. The fourth-order valence-electron chi connectivity index (χ4n) is 1.80. The Bertz CT molecular complexity index is 505. The Morgan fingerprint density at radius 3 is 2.55 bits per heavy atom. The highest BCUT2D eigenvalue weighted by molar-refractivity contribution is 9.10. The van der Waals surface area contributed by atoms with E-state index in [-0.39, 0.29) is 11.8 Å². The molecule has 4 N–H and O–H groups in total. The van der Waals surface area contributed by atoms with E-state index in [1.54, 1.807) is 6.07 Å². The normalized spacial score (nSPS) is 13.4. The average molecular weight is 342 g/mol. The second kappa shape index (κ2) is 7.28. The van der Waals surface area contributed by atoms with Gasteiger partial charge in [-0.2, -0.15) is 0 Å². The molecule has 0 spiro atoms. The molecule has 1 aromatic rings. The molecule has 5 nitrogen and oxygen atoms in total. The average Bonchev–Trinajstić information content (AvgIpc) is 2.39. The summed E-state index contributed by atoms with van der Waals surface area (Å²) in [5, 5.41) is 5.29. The van der Waals surface area contributed by atoms with E-state index in [1.807, 2.05) is 32.9 Å². The first-order valence-electron chi connectivity index (χ1n) is 6.48. The maximum absolute atomic E-state index is 12.3. The van der Waals surface area contributed by atoms with Gasteiger partial charge in [0, 0.05) is 10.2 Å². The van der Waals surface area contributed by atoms with Crippen LogP contribution in [0.25, 0.3) is 0 Å². The molecule has 0 saturated carbocycles. The molecular formula is C14H20BrN3O2. The van der Waals surface area contributed by atoms with Crippen LogP contribution >= 0.6 is 15.9 Å². The quantitative estimate of drug-likeness (QED) is 0.769. The number of aryl methyl sites for hydroxylation is 1. The van der Waals surface area contributed by atoms with Crippen molar-refractivity contribution >= 4 is 33.6 Å². The molecule has 20 heavy (non-hydrogen) atoms. The monoisotopic (exact) mass is 341 g/mol. The molecule has 0 aliphatic heterocycles. The maximum Gasteiger partial charge on any atom is 0.312 e. The van der Waals surface area contributed by atoms with Crippen LogP contribution in [0.4, 0.5) is 10.5 Å². The number of urea groups is 1. The van der Waals surface area contributed by atoms with Crippen LogP contribution in [0.3, 0.4) is 0 Å². The Kier molecular flexibility index (Phi) is 6.01. The van der Waals surface area contributed by atoms with Gasteiger partial charge in [0.05, 0.1) is 0 Å². The van der Waals surface area contributed by atoms with E-state index >= 15 is 0 Å². The van der Waals surface area contributed by atoms with Gasteiger partial charge >= 0.3 is 6.03 Å². The van der Waals surface area contributed by atoms with Crippen LogP contribution in [0.5, 0.6) is 0 Å². The third kappa shape index (κ3) is 4.52. The zero-order chi connectivity index (χ0) is 15.3. The second-order valence-electron chi connectivity index (χ2n) is 4.83. The molecule has 3 amide bonds. The highest BCUT2D eigenvalue weighted by atomic mass is 79.9. The molecule has 0 bridgehead atoms. The number of benzene rings is 1. The SMILES string of the molecule is CC[C@H](C)[C@H](NC(N)=O)C(=O)Nc1ccc(Br)c(C)c1. The molecule has 0 fully saturated rings. The highest BCUT2D eigenvalue weighted by Gasteiger charge is 2.25. The Balaban J connectivity index is 2.84.